The van der Waals surface area contributed by atoms with Crippen LogP contribution in [0.3, 0.4) is 0 Å². The van der Waals surface area contributed by atoms with Crippen LogP contribution in [0.2, 0.25) is 0 Å². The van der Waals surface area contributed by atoms with Crippen LogP contribution in [-0.2, 0) is 13.0 Å². The van der Waals surface area contributed by atoms with Gasteiger partial charge in [-0.1, -0.05) is 18.2 Å². The summed E-state index contributed by atoms with van der Waals surface area (Å²) in [5, 5.41) is 15.4. The summed E-state index contributed by atoms with van der Waals surface area (Å²) >= 11 is 1.72. The third-order valence-corrected chi connectivity index (χ3v) is 5.66. The van der Waals surface area contributed by atoms with Gasteiger partial charge in [0.1, 0.15) is 5.75 Å². The van der Waals surface area contributed by atoms with Crippen LogP contribution in [0.5, 0.6) is 5.75 Å². The summed E-state index contributed by atoms with van der Waals surface area (Å²) in [4.78, 5) is 4.66. The quantitative estimate of drug-likeness (QED) is 0.437. The zero-order chi connectivity index (χ0) is 20.1. The van der Waals surface area contributed by atoms with Gasteiger partial charge in [-0.15, -0.1) is 0 Å². The summed E-state index contributed by atoms with van der Waals surface area (Å²) in [7, 11) is 1.68. The van der Waals surface area contributed by atoms with Crippen molar-refractivity contribution in [1.29, 1.82) is 0 Å². The van der Waals surface area contributed by atoms with E-state index in [9.17, 15) is 0 Å². The number of hydrogen-bond donors (Lipinski definition) is 2. The fraction of sp³-hybridized carbons (Fsp3) is 0.217. The van der Waals surface area contributed by atoms with Crippen molar-refractivity contribution in [1.82, 2.24) is 20.5 Å². The van der Waals surface area contributed by atoms with Gasteiger partial charge in [0.25, 0.3) is 0 Å². The Morgan fingerprint density at radius 3 is 2.86 bits per heavy atom. The molecular formula is C23H24N4OS. The van der Waals surface area contributed by atoms with E-state index in [0.717, 1.165) is 40.2 Å². The highest BCUT2D eigenvalue weighted by atomic mass is 32.1. The molecule has 1 aromatic carbocycles. The molecule has 0 amide bonds. The largest absolute Gasteiger partial charge is 0.497 e. The number of benzene rings is 1. The third-order valence-electron chi connectivity index (χ3n) is 4.93. The molecule has 0 aliphatic carbocycles. The molecule has 0 aliphatic rings. The molecule has 3 aromatic heterocycles. The second-order valence-corrected chi connectivity index (χ2v) is 7.81. The highest BCUT2D eigenvalue weighted by Gasteiger charge is 2.16. The van der Waals surface area contributed by atoms with E-state index >= 15 is 0 Å². The van der Waals surface area contributed by atoms with Gasteiger partial charge in [0.15, 0.2) is 0 Å². The molecule has 3 heterocycles. The van der Waals surface area contributed by atoms with Crippen molar-refractivity contribution in [3.05, 3.63) is 88.0 Å². The normalized spacial score (nSPS) is 12.1. The van der Waals surface area contributed by atoms with Crippen LogP contribution < -0.4 is 10.1 Å². The average Bonchev–Trinajstić information content (AvgIpc) is 3.44. The van der Waals surface area contributed by atoms with Gasteiger partial charge in [-0.3, -0.25) is 10.1 Å². The Morgan fingerprint density at radius 2 is 2.10 bits per heavy atom. The van der Waals surface area contributed by atoms with Crippen molar-refractivity contribution < 1.29 is 4.74 Å². The maximum Gasteiger partial charge on any atom is 0.119 e. The number of thiophene rings is 1. The molecule has 1 atom stereocenters. The molecule has 4 rings (SSSR count). The smallest absolute Gasteiger partial charge is 0.119 e. The minimum atomic E-state index is 0.123. The summed E-state index contributed by atoms with van der Waals surface area (Å²) < 4.78 is 5.36. The third kappa shape index (κ3) is 4.72. The SMILES string of the molecule is COc1cccc(-c2[nH]ncc2CNC(Cc2ccsc2)c2ccc(C)cn2)c1. The summed E-state index contributed by atoms with van der Waals surface area (Å²) in [5.41, 5.74) is 6.70. The molecule has 0 fully saturated rings. The van der Waals surface area contributed by atoms with Crippen LogP contribution in [0, 0.1) is 6.92 Å². The van der Waals surface area contributed by atoms with Crippen molar-refractivity contribution in [3.63, 3.8) is 0 Å². The van der Waals surface area contributed by atoms with Crippen LogP contribution >= 0.6 is 11.3 Å². The molecule has 0 saturated carbocycles. The first kappa shape index (κ1) is 19.4. The predicted molar refractivity (Wildman–Crippen MR) is 117 cm³/mol. The Labute approximate surface area is 174 Å². The van der Waals surface area contributed by atoms with Crippen molar-refractivity contribution in [3.8, 4) is 17.0 Å². The maximum atomic E-state index is 5.36. The molecule has 2 N–H and O–H groups in total. The molecule has 0 bridgehead atoms. The van der Waals surface area contributed by atoms with Crippen molar-refractivity contribution in [2.24, 2.45) is 0 Å². The molecule has 0 spiro atoms. The first-order valence-electron chi connectivity index (χ1n) is 9.56. The van der Waals surface area contributed by atoms with E-state index in [1.807, 2.05) is 30.6 Å². The first-order chi connectivity index (χ1) is 14.2. The lowest BCUT2D eigenvalue weighted by Crippen LogP contribution is -2.24. The maximum absolute atomic E-state index is 5.36. The van der Waals surface area contributed by atoms with Gasteiger partial charge in [0, 0.05) is 23.9 Å². The van der Waals surface area contributed by atoms with E-state index in [-0.39, 0.29) is 6.04 Å². The zero-order valence-electron chi connectivity index (χ0n) is 16.6. The average molecular weight is 405 g/mol. The lowest BCUT2D eigenvalue weighted by molar-refractivity contribution is 0.415. The van der Waals surface area contributed by atoms with Gasteiger partial charge in [0.05, 0.1) is 30.7 Å². The minimum Gasteiger partial charge on any atom is -0.497 e. The standard InChI is InChI=1S/C23H24N4OS/c1-16-6-7-21(24-12-16)22(10-17-8-9-29-15-17)25-13-19-14-26-27-23(19)18-4-3-5-20(11-18)28-2/h3-9,11-12,14-15,22,25H,10,13H2,1-2H3,(H,26,27). The van der Waals surface area contributed by atoms with E-state index in [1.54, 1.807) is 18.4 Å². The van der Waals surface area contributed by atoms with Gasteiger partial charge < -0.3 is 10.1 Å². The van der Waals surface area contributed by atoms with Gasteiger partial charge in [0.2, 0.25) is 0 Å². The predicted octanol–water partition coefficient (Wildman–Crippen LogP) is 4.92. The van der Waals surface area contributed by atoms with Gasteiger partial charge in [-0.2, -0.15) is 16.4 Å². The van der Waals surface area contributed by atoms with Gasteiger partial charge >= 0.3 is 0 Å². The van der Waals surface area contributed by atoms with Gasteiger partial charge in [-0.25, -0.2) is 0 Å². The second-order valence-electron chi connectivity index (χ2n) is 7.03. The molecule has 0 aliphatic heterocycles. The lowest BCUT2D eigenvalue weighted by Gasteiger charge is -2.18. The number of pyridine rings is 1. The number of ether oxygens (including phenoxy) is 1. The van der Waals surface area contributed by atoms with E-state index in [4.69, 9.17) is 4.74 Å². The highest BCUT2D eigenvalue weighted by molar-refractivity contribution is 7.07. The number of nitrogens with one attached hydrogen (secondary N) is 2. The summed E-state index contributed by atoms with van der Waals surface area (Å²) in [6, 6.07) is 14.5. The Morgan fingerprint density at radius 1 is 1.17 bits per heavy atom. The van der Waals surface area contributed by atoms with E-state index < -0.39 is 0 Å². The number of nitrogens with zero attached hydrogens (tertiary/aromatic N) is 2. The van der Waals surface area contributed by atoms with E-state index in [0.29, 0.717) is 6.54 Å². The van der Waals surface area contributed by atoms with Crippen LogP contribution in [0.15, 0.2) is 65.6 Å². The van der Waals surface area contributed by atoms with Gasteiger partial charge in [-0.05, 0) is 59.5 Å². The number of aryl methyl sites for hydroxylation is 1. The lowest BCUT2D eigenvalue weighted by atomic mass is 10.0. The molecule has 0 radical (unpaired) electrons. The van der Waals surface area contributed by atoms with Crippen molar-refractivity contribution in [2.45, 2.75) is 25.9 Å². The molecule has 5 nitrogen and oxygen atoms in total. The number of aromatic nitrogens is 3. The fourth-order valence-corrected chi connectivity index (χ4v) is 4.00. The number of rotatable bonds is 8. The number of methoxy groups -OCH3 is 1. The fourth-order valence-electron chi connectivity index (χ4n) is 3.32. The zero-order valence-corrected chi connectivity index (χ0v) is 17.4. The topological polar surface area (TPSA) is 62.8 Å². The molecule has 0 saturated heterocycles. The minimum absolute atomic E-state index is 0.123. The number of hydrogen-bond acceptors (Lipinski definition) is 5. The van der Waals surface area contributed by atoms with Crippen LogP contribution in [0.4, 0.5) is 0 Å². The molecule has 6 heteroatoms. The summed E-state index contributed by atoms with van der Waals surface area (Å²) in [6.45, 7) is 2.75. The molecule has 148 valence electrons. The number of aromatic amines is 1. The molecule has 29 heavy (non-hydrogen) atoms. The van der Waals surface area contributed by atoms with E-state index in [1.165, 1.54) is 5.56 Å². The Hall–Kier alpha value is -2.96. The second kappa shape index (κ2) is 9.03. The van der Waals surface area contributed by atoms with E-state index in [2.05, 4.69) is 62.4 Å². The van der Waals surface area contributed by atoms with Crippen molar-refractivity contribution in [2.75, 3.05) is 7.11 Å². The van der Waals surface area contributed by atoms with Crippen LogP contribution in [0.25, 0.3) is 11.3 Å². The summed E-state index contributed by atoms with van der Waals surface area (Å²) in [6.07, 6.45) is 4.70. The van der Waals surface area contributed by atoms with Crippen LogP contribution in [-0.4, -0.2) is 22.3 Å². The molecule has 4 aromatic rings. The van der Waals surface area contributed by atoms with Crippen LogP contribution in [0.1, 0.15) is 28.4 Å². The Kier molecular flexibility index (Phi) is 6.03. The van der Waals surface area contributed by atoms with Crippen molar-refractivity contribution >= 4 is 11.3 Å². The molecular weight excluding hydrogens is 380 g/mol. The Bertz CT molecular complexity index is 1040. The highest BCUT2D eigenvalue weighted by Crippen LogP contribution is 2.26. The number of H-pyrrole nitrogens is 1. The summed E-state index contributed by atoms with van der Waals surface area (Å²) in [5.74, 6) is 0.829. The Balaban J connectivity index is 1.55. The monoisotopic (exact) mass is 404 g/mol. The first-order valence-corrected chi connectivity index (χ1v) is 10.5. The molecule has 1 unspecified atom stereocenters.